The summed E-state index contributed by atoms with van der Waals surface area (Å²) in [5.74, 6) is -0.103. The van der Waals surface area contributed by atoms with Crippen molar-refractivity contribution >= 4 is 39.9 Å². The van der Waals surface area contributed by atoms with E-state index < -0.39 is 15.5 Å². The van der Waals surface area contributed by atoms with Crippen LogP contribution in [0.15, 0.2) is 65.8 Å². The van der Waals surface area contributed by atoms with E-state index in [-0.39, 0.29) is 17.2 Å². The van der Waals surface area contributed by atoms with E-state index in [0.717, 1.165) is 12.1 Å². The van der Waals surface area contributed by atoms with E-state index in [4.69, 9.17) is 0 Å². The Morgan fingerprint density at radius 2 is 1.66 bits per heavy atom. The molecule has 146 valence electrons. The first-order valence-electron chi connectivity index (χ1n) is 8.30. The van der Waals surface area contributed by atoms with Crippen molar-refractivity contribution in [3.63, 3.8) is 0 Å². The number of benzene rings is 2. The zero-order valence-corrected chi connectivity index (χ0v) is 15.9. The first-order valence-corrected chi connectivity index (χ1v) is 9.11. The number of nitro groups is 2. The minimum atomic E-state index is -0.720. The molecule has 0 saturated heterocycles. The molecule has 0 radical (unpaired) electrons. The summed E-state index contributed by atoms with van der Waals surface area (Å²) < 4.78 is 0. The zero-order valence-electron chi connectivity index (χ0n) is 15.1. The van der Waals surface area contributed by atoms with Crippen molar-refractivity contribution in [1.82, 2.24) is 0 Å². The molecule has 0 atom stereocenters. The molecule has 1 aromatic heterocycles. The highest BCUT2D eigenvalue weighted by molar-refractivity contribution is 7.16. The summed E-state index contributed by atoms with van der Waals surface area (Å²) in [4.78, 5) is 34.3. The molecule has 0 amide bonds. The Morgan fingerprint density at radius 1 is 0.966 bits per heavy atom. The molecule has 0 fully saturated rings. The van der Waals surface area contributed by atoms with Crippen LogP contribution in [0.5, 0.6) is 0 Å². The van der Waals surface area contributed by atoms with Gasteiger partial charge >= 0.3 is 5.69 Å². The van der Waals surface area contributed by atoms with Gasteiger partial charge in [0.05, 0.1) is 31.4 Å². The van der Waals surface area contributed by atoms with Crippen LogP contribution in [0.25, 0.3) is 0 Å². The predicted octanol–water partition coefficient (Wildman–Crippen LogP) is 4.63. The molecule has 3 aromatic rings. The Hall–Kier alpha value is -3.92. The maximum Gasteiger partial charge on any atom is 0.301 e. The van der Waals surface area contributed by atoms with Crippen molar-refractivity contribution in [2.24, 2.45) is 5.10 Å². The van der Waals surface area contributed by atoms with Crippen molar-refractivity contribution in [2.45, 2.75) is 6.92 Å². The van der Waals surface area contributed by atoms with E-state index in [1.54, 1.807) is 43.3 Å². The fourth-order valence-corrected chi connectivity index (χ4v) is 3.38. The van der Waals surface area contributed by atoms with Gasteiger partial charge in [-0.15, -0.1) is 11.3 Å². The summed E-state index contributed by atoms with van der Waals surface area (Å²) in [6.45, 7) is 1.69. The zero-order chi connectivity index (χ0) is 21.0. The summed E-state index contributed by atoms with van der Waals surface area (Å²) in [6, 6.07) is 15.6. The second-order valence-electron chi connectivity index (χ2n) is 5.88. The van der Waals surface area contributed by atoms with Crippen LogP contribution in [-0.4, -0.2) is 21.3 Å². The van der Waals surface area contributed by atoms with Gasteiger partial charge < -0.3 is 0 Å². The Labute approximate surface area is 168 Å². The topological polar surface area (TPSA) is 128 Å². The fourth-order valence-electron chi connectivity index (χ4n) is 2.46. The Morgan fingerprint density at radius 3 is 2.31 bits per heavy atom. The van der Waals surface area contributed by atoms with Crippen LogP contribution in [0.3, 0.4) is 0 Å². The van der Waals surface area contributed by atoms with Crippen LogP contribution in [0.4, 0.5) is 17.1 Å². The summed E-state index contributed by atoms with van der Waals surface area (Å²) in [5.41, 5.74) is 2.85. The van der Waals surface area contributed by atoms with Gasteiger partial charge in [0.15, 0.2) is 0 Å². The SMILES string of the molecule is C/C(=N\Nc1ccc([N+](=O)[O-])cc1[N+](=O)[O-])c1ccc(C(=O)c2ccccc2)s1. The number of carbonyl (C=O) groups is 1. The number of nitro benzene ring substituents is 2. The molecule has 0 spiro atoms. The van der Waals surface area contributed by atoms with E-state index in [1.807, 2.05) is 6.07 Å². The van der Waals surface area contributed by atoms with Crippen LogP contribution in [-0.2, 0) is 0 Å². The van der Waals surface area contributed by atoms with Crippen LogP contribution >= 0.6 is 11.3 Å². The molecule has 2 aromatic carbocycles. The van der Waals surface area contributed by atoms with E-state index in [9.17, 15) is 25.0 Å². The maximum atomic E-state index is 12.5. The number of hydrogen-bond donors (Lipinski definition) is 1. The van der Waals surface area contributed by atoms with Crippen LogP contribution < -0.4 is 5.43 Å². The third kappa shape index (κ3) is 4.50. The summed E-state index contributed by atoms with van der Waals surface area (Å²) >= 11 is 1.25. The average molecular weight is 410 g/mol. The minimum absolute atomic E-state index is 0.0251. The van der Waals surface area contributed by atoms with E-state index >= 15 is 0 Å². The van der Waals surface area contributed by atoms with Gasteiger partial charge in [-0.05, 0) is 25.1 Å². The van der Waals surface area contributed by atoms with Crippen molar-refractivity contribution in [1.29, 1.82) is 0 Å². The number of hydrogen-bond acceptors (Lipinski definition) is 8. The van der Waals surface area contributed by atoms with E-state index in [1.165, 1.54) is 17.4 Å². The summed E-state index contributed by atoms with van der Waals surface area (Å²) in [5, 5.41) is 26.1. The van der Waals surface area contributed by atoms with Crippen molar-refractivity contribution in [3.05, 3.63) is 96.2 Å². The third-order valence-corrected chi connectivity index (χ3v) is 5.15. The molecule has 3 rings (SSSR count). The molecule has 0 aliphatic carbocycles. The molecule has 0 aliphatic rings. The van der Waals surface area contributed by atoms with Crippen molar-refractivity contribution in [2.75, 3.05) is 5.43 Å². The highest BCUT2D eigenvalue weighted by atomic mass is 32.1. The molecule has 0 unspecified atom stereocenters. The second-order valence-corrected chi connectivity index (χ2v) is 6.97. The lowest BCUT2D eigenvalue weighted by Gasteiger charge is -2.03. The molecular formula is C19H14N4O5S. The number of carbonyl (C=O) groups excluding carboxylic acids is 1. The highest BCUT2D eigenvalue weighted by Crippen LogP contribution is 2.29. The lowest BCUT2D eigenvalue weighted by Crippen LogP contribution is -2.01. The Kier molecular flexibility index (Phi) is 5.74. The molecule has 0 saturated carbocycles. The van der Waals surface area contributed by atoms with Gasteiger partial charge in [0.1, 0.15) is 5.69 Å². The number of non-ortho nitro benzene ring substituents is 1. The molecule has 9 nitrogen and oxygen atoms in total. The lowest BCUT2D eigenvalue weighted by molar-refractivity contribution is -0.393. The monoisotopic (exact) mass is 410 g/mol. The molecule has 29 heavy (non-hydrogen) atoms. The van der Waals surface area contributed by atoms with Crippen LogP contribution in [0.2, 0.25) is 0 Å². The first kappa shape index (κ1) is 19.8. The van der Waals surface area contributed by atoms with Gasteiger partial charge in [0, 0.05) is 11.6 Å². The maximum absolute atomic E-state index is 12.5. The number of hydrazone groups is 1. The van der Waals surface area contributed by atoms with Crippen molar-refractivity contribution < 1.29 is 14.6 Å². The highest BCUT2D eigenvalue weighted by Gasteiger charge is 2.19. The molecular weight excluding hydrogens is 396 g/mol. The van der Waals surface area contributed by atoms with E-state index in [2.05, 4.69) is 10.5 Å². The van der Waals surface area contributed by atoms with Gasteiger partial charge in [-0.2, -0.15) is 5.10 Å². The fraction of sp³-hybridized carbons (Fsp3) is 0.0526. The summed E-state index contributed by atoms with van der Waals surface area (Å²) in [7, 11) is 0. The predicted molar refractivity (Wildman–Crippen MR) is 110 cm³/mol. The number of ketones is 1. The van der Waals surface area contributed by atoms with Gasteiger partial charge in [-0.3, -0.25) is 30.4 Å². The quantitative estimate of drug-likeness (QED) is 0.262. The number of anilines is 1. The van der Waals surface area contributed by atoms with Crippen molar-refractivity contribution in [3.8, 4) is 0 Å². The Balaban J connectivity index is 1.81. The van der Waals surface area contributed by atoms with Crippen LogP contribution in [0, 0.1) is 20.2 Å². The Bertz CT molecular complexity index is 1120. The number of nitrogens with one attached hydrogen (secondary N) is 1. The summed E-state index contributed by atoms with van der Waals surface area (Å²) in [6.07, 6.45) is 0. The lowest BCUT2D eigenvalue weighted by atomic mass is 10.1. The smallest absolute Gasteiger partial charge is 0.288 e. The largest absolute Gasteiger partial charge is 0.301 e. The minimum Gasteiger partial charge on any atom is -0.288 e. The molecule has 1 heterocycles. The van der Waals surface area contributed by atoms with Crippen LogP contribution in [0.1, 0.15) is 27.0 Å². The van der Waals surface area contributed by atoms with Gasteiger partial charge in [0.2, 0.25) is 5.78 Å². The van der Waals surface area contributed by atoms with Gasteiger partial charge in [0.25, 0.3) is 5.69 Å². The van der Waals surface area contributed by atoms with Gasteiger partial charge in [-0.25, -0.2) is 0 Å². The molecule has 1 N–H and O–H groups in total. The first-order chi connectivity index (χ1) is 13.9. The third-order valence-electron chi connectivity index (χ3n) is 3.96. The second kappa shape index (κ2) is 8.40. The molecule has 0 bridgehead atoms. The molecule has 10 heteroatoms. The van der Waals surface area contributed by atoms with E-state index in [0.29, 0.717) is 21.0 Å². The number of rotatable bonds is 7. The normalized spacial score (nSPS) is 11.1. The number of nitrogens with zero attached hydrogens (tertiary/aromatic N) is 3. The average Bonchev–Trinajstić information content (AvgIpc) is 3.22. The standard InChI is InChI=1S/C19H14N4O5S/c1-12(17-9-10-18(29-17)19(24)13-5-3-2-4-6-13)20-21-15-8-7-14(22(25)26)11-16(15)23(27)28/h2-11,21H,1H3/b20-12+. The van der Waals surface area contributed by atoms with Gasteiger partial charge in [-0.1, -0.05) is 30.3 Å². The molecule has 0 aliphatic heterocycles. The number of thiophene rings is 1.